The average Bonchev–Trinajstić information content (AvgIpc) is 3.16. The number of rotatable bonds is 3. The summed E-state index contributed by atoms with van der Waals surface area (Å²) in [5, 5.41) is 15.8. The van der Waals surface area contributed by atoms with Gasteiger partial charge in [-0.1, -0.05) is 47.7 Å². The van der Waals surface area contributed by atoms with Gasteiger partial charge in [-0.2, -0.15) is 0 Å². The Bertz CT molecular complexity index is 1030. The van der Waals surface area contributed by atoms with E-state index >= 15 is 0 Å². The maximum Gasteiger partial charge on any atom is 0.258 e. The van der Waals surface area contributed by atoms with E-state index in [1.165, 1.54) is 38.5 Å². The van der Waals surface area contributed by atoms with Crippen molar-refractivity contribution in [2.75, 3.05) is 5.32 Å². The summed E-state index contributed by atoms with van der Waals surface area (Å²) in [4.78, 5) is 12.9. The summed E-state index contributed by atoms with van der Waals surface area (Å²) in [6, 6.07) is 13.8. The minimum Gasteiger partial charge on any atom is -0.296 e. The number of aromatic nitrogens is 2. The third-order valence-electron chi connectivity index (χ3n) is 7.17. The third-order valence-corrected chi connectivity index (χ3v) is 8.26. The topological polar surface area (TPSA) is 54.9 Å². The van der Waals surface area contributed by atoms with Crippen molar-refractivity contribution in [1.82, 2.24) is 10.2 Å². The lowest BCUT2D eigenvalue weighted by molar-refractivity contribution is -0.00555. The number of anilines is 1. The van der Waals surface area contributed by atoms with Crippen LogP contribution in [0.25, 0.3) is 10.8 Å². The minimum absolute atomic E-state index is 0.106. The van der Waals surface area contributed by atoms with Gasteiger partial charge >= 0.3 is 0 Å². The van der Waals surface area contributed by atoms with Crippen molar-refractivity contribution in [2.45, 2.75) is 43.9 Å². The van der Waals surface area contributed by atoms with Crippen LogP contribution >= 0.6 is 11.3 Å². The van der Waals surface area contributed by atoms with Crippen molar-refractivity contribution in [3.05, 3.63) is 53.0 Å². The lowest BCUT2D eigenvalue weighted by Gasteiger charge is -2.55. The van der Waals surface area contributed by atoms with Gasteiger partial charge in [-0.25, -0.2) is 0 Å². The van der Waals surface area contributed by atoms with E-state index in [-0.39, 0.29) is 11.3 Å². The summed E-state index contributed by atoms with van der Waals surface area (Å²) in [5.74, 6) is 2.53. The molecule has 142 valence electrons. The molecule has 2 aromatic carbocycles. The van der Waals surface area contributed by atoms with Crippen LogP contribution in [0.2, 0.25) is 0 Å². The predicted octanol–water partition coefficient (Wildman–Crippen LogP) is 5.41. The van der Waals surface area contributed by atoms with E-state index in [4.69, 9.17) is 0 Å². The third kappa shape index (κ3) is 2.60. The molecule has 1 amide bonds. The Morgan fingerprint density at radius 1 is 0.929 bits per heavy atom. The summed E-state index contributed by atoms with van der Waals surface area (Å²) in [5.41, 5.74) is 0.916. The molecule has 7 rings (SSSR count). The molecule has 3 aromatic rings. The first kappa shape index (κ1) is 16.7. The largest absolute Gasteiger partial charge is 0.296 e. The molecule has 1 heterocycles. The highest BCUT2D eigenvalue weighted by Crippen LogP contribution is 2.61. The molecule has 4 bridgehead atoms. The van der Waals surface area contributed by atoms with E-state index < -0.39 is 0 Å². The maximum atomic E-state index is 12.9. The van der Waals surface area contributed by atoms with Crippen molar-refractivity contribution in [1.29, 1.82) is 0 Å². The molecule has 5 heteroatoms. The molecule has 0 atom stereocenters. The summed E-state index contributed by atoms with van der Waals surface area (Å²) in [7, 11) is 0. The highest BCUT2D eigenvalue weighted by atomic mass is 32.1. The molecule has 1 aromatic heterocycles. The molecular weight excluding hydrogens is 366 g/mol. The molecular formula is C23H23N3OS. The zero-order valence-electron chi connectivity index (χ0n) is 15.7. The number of carbonyl (C=O) groups is 1. The van der Waals surface area contributed by atoms with Gasteiger partial charge in [-0.15, -0.1) is 10.2 Å². The molecule has 4 nitrogen and oxygen atoms in total. The fourth-order valence-corrected chi connectivity index (χ4v) is 7.41. The minimum atomic E-state index is -0.106. The highest BCUT2D eigenvalue weighted by molar-refractivity contribution is 7.15. The van der Waals surface area contributed by atoms with Crippen LogP contribution in [0.3, 0.4) is 0 Å². The lowest BCUT2D eigenvalue weighted by atomic mass is 9.50. The fraction of sp³-hybridized carbons (Fsp3) is 0.435. The number of benzene rings is 2. The zero-order chi connectivity index (χ0) is 18.7. The normalized spacial score (nSPS) is 30.6. The van der Waals surface area contributed by atoms with E-state index in [1.807, 2.05) is 42.5 Å². The van der Waals surface area contributed by atoms with E-state index in [1.54, 1.807) is 11.3 Å². The van der Waals surface area contributed by atoms with E-state index in [0.29, 0.717) is 10.7 Å². The Labute approximate surface area is 168 Å². The number of nitrogens with one attached hydrogen (secondary N) is 1. The van der Waals surface area contributed by atoms with Crippen molar-refractivity contribution in [2.24, 2.45) is 17.8 Å². The van der Waals surface area contributed by atoms with Crippen molar-refractivity contribution >= 4 is 33.1 Å². The van der Waals surface area contributed by atoms with E-state index in [9.17, 15) is 4.79 Å². The monoisotopic (exact) mass is 389 g/mol. The Kier molecular flexibility index (Phi) is 3.64. The van der Waals surface area contributed by atoms with Gasteiger partial charge in [0.2, 0.25) is 5.13 Å². The Hall–Kier alpha value is -2.27. The number of nitrogens with zero attached hydrogens (tertiary/aromatic N) is 2. The number of amides is 1. The summed E-state index contributed by atoms with van der Waals surface area (Å²) < 4.78 is 0. The van der Waals surface area contributed by atoms with E-state index in [0.717, 1.165) is 33.5 Å². The molecule has 0 radical (unpaired) electrons. The summed E-state index contributed by atoms with van der Waals surface area (Å²) in [6.45, 7) is 0. The number of hydrogen-bond acceptors (Lipinski definition) is 4. The second kappa shape index (κ2) is 6.11. The molecule has 0 aliphatic heterocycles. The molecule has 4 aliphatic rings. The molecule has 1 N–H and O–H groups in total. The second-order valence-electron chi connectivity index (χ2n) is 9.09. The number of carbonyl (C=O) groups excluding carboxylic acids is 1. The van der Waals surface area contributed by atoms with Crippen LogP contribution in [0, 0.1) is 17.8 Å². The van der Waals surface area contributed by atoms with Gasteiger partial charge in [0.05, 0.1) is 0 Å². The molecule has 4 saturated carbocycles. The van der Waals surface area contributed by atoms with Crippen LogP contribution in [0.15, 0.2) is 42.5 Å². The van der Waals surface area contributed by atoms with Crippen molar-refractivity contribution in [3.8, 4) is 0 Å². The number of fused-ring (bicyclic) bond motifs is 1. The van der Waals surface area contributed by atoms with Crippen LogP contribution < -0.4 is 5.32 Å². The van der Waals surface area contributed by atoms with Gasteiger partial charge in [-0.05, 0) is 73.1 Å². The van der Waals surface area contributed by atoms with Crippen LogP contribution in [-0.2, 0) is 5.41 Å². The molecule has 0 saturated heterocycles. The van der Waals surface area contributed by atoms with Gasteiger partial charge in [-0.3, -0.25) is 10.1 Å². The summed E-state index contributed by atoms with van der Waals surface area (Å²) in [6.07, 6.45) is 8.06. The first-order chi connectivity index (χ1) is 13.7. The standard InChI is InChI=1S/C23H23N3OS/c27-20(19-7-3-5-17-4-1-2-6-18(17)19)24-22-26-25-21(28-22)23-11-14-8-15(12-23)10-16(9-14)13-23/h1-7,14-16H,8-13H2,(H,24,26,27). The van der Waals surface area contributed by atoms with Gasteiger partial charge in [0.15, 0.2) is 0 Å². The van der Waals surface area contributed by atoms with Crippen LogP contribution in [0.5, 0.6) is 0 Å². The fourth-order valence-electron chi connectivity index (χ4n) is 6.45. The first-order valence-corrected chi connectivity index (χ1v) is 11.1. The first-order valence-electron chi connectivity index (χ1n) is 10.3. The highest BCUT2D eigenvalue weighted by Gasteiger charge is 2.53. The predicted molar refractivity (Wildman–Crippen MR) is 112 cm³/mol. The smallest absolute Gasteiger partial charge is 0.258 e. The van der Waals surface area contributed by atoms with Gasteiger partial charge in [0.25, 0.3) is 5.91 Å². The van der Waals surface area contributed by atoms with Crippen LogP contribution in [0.1, 0.15) is 53.9 Å². The van der Waals surface area contributed by atoms with Crippen LogP contribution in [0.4, 0.5) is 5.13 Å². The quantitative estimate of drug-likeness (QED) is 0.651. The SMILES string of the molecule is O=C(Nc1nnc(C23CC4CC(CC(C4)C2)C3)s1)c1cccc2ccccc12. The van der Waals surface area contributed by atoms with Crippen LogP contribution in [-0.4, -0.2) is 16.1 Å². The van der Waals surface area contributed by atoms with Gasteiger partial charge in [0, 0.05) is 11.0 Å². The number of hydrogen-bond donors (Lipinski definition) is 1. The Morgan fingerprint density at radius 3 is 2.36 bits per heavy atom. The van der Waals surface area contributed by atoms with Gasteiger partial charge in [0.1, 0.15) is 5.01 Å². The van der Waals surface area contributed by atoms with Crippen molar-refractivity contribution < 1.29 is 4.79 Å². The van der Waals surface area contributed by atoms with Gasteiger partial charge < -0.3 is 0 Å². The zero-order valence-corrected chi connectivity index (χ0v) is 16.5. The summed E-state index contributed by atoms with van der Waals surface area (Å²) >= 11 is 1.60. The Balaban J connectivity index is 1.27. The van der Waals surface area contributed by atoms with E-state index in [2.05, 4.69) is 15.5 Å². The lowest BCUT2D eigenvalue weighted by Crippen LogP contribution is -2.48. The second-order valence-corrected chi connectivity index (χ2v) is 10.1. The maximum absolute atomic E-state index is 12.9. The molecule has 0 spiro atoms. The van der Waals surface area contributed by atoms with Crippen molar-refractivity contribution in [3.63, 3.8) is 0 Å². The molecule has 4 aliphatic carbocycles. The molecule has 4 fully saturated rings. The molecule has 28 heavy (non-hydrogen) atoms. The Morgan fingerprint density at radius 2 is 1.61 bits per heavy atom. The molecule has 0 unspecified atom stereocenters. The average molecular weight is 390 g/mol.